The molecule has 1 aromatic carbocycles. The first-order chi connectivity index (χ1) is 6.49. The second-order valence-corrected chi connectivity index (χ2v) is 4.53. The van der Waals surface area contributed by atoms with Crippen molar-refractivity contribution in [3.8, 4) is 0 Å². The van der Waals surface area contributed by atoms with Gasteiger partial charge in [-0.15, -0.1) is 0 Å². The molecule has 0 bridgehead atoms. The molecule has 0 N–H and O–H groups in total. The molecule has 0 amide bonds. The molecular formula is C6H3Cl2N3O2S. The lowest BCUT2D eigenvalue weighted by Crippen LogP contribution is -1.97. The first-order valence-corrected chi connectivity index (χ1v) is 5.44. The number of rotatable bonds is 2. The molecule has 5 nitrogen and oxygen atoms in total. The Morgan fingerprint density at radius 2 is 1.79 bits per heavy atom. The highest BCUT2D eigenvalue weighted by Crippen LogP contribution is 2.30. The topological polar surface area (TPSA) is 82.9 Å². The SMILES string of the molecule is [N-]=[N+]=NS(=O)(=O)c1c(Cl)cccc1Cl. The molecule has 1 aromatic rings. The molecule has 0 atom stereocenters. The van der Waals surface area contributed by atoms with Gasteiger partial charge in [0.05, 0.1) is 10.0 Å². The summed E-state index contributed by atoms with van der Waals surface area (Å²) in [6.45, 7) is 0. The van der Waals surface area contributed by atoms with Crippen LogP contribution in [0.4, 0.5) is 0 Å². The van der Waals surface area contributed by atoms with Crippen molar-refractivity contribution in [3.05, 3.63) is 38.7 Å². The maximum atomic E-state index is 11.3. The summed E-state index contributed by atoms with van der Waals surface area (Å²) in [6.07, 6.45) is 0. The minimum absolute atomic E-state index is 0.0788. The van der Waals surface area contributed by atoms with Gasteiger partial charge in [0.15, 0.2) is 0 Å². The Bertz CT molecular complexity index is 488. The summed E-state index contributed by atoms with van der Waals surface area (Å²) < 4.78 is 25.2. The van der Waals surface area contributed by atoms with E-state index in [0.717, 1.165) is 0 Å². The van der Waals surface area contributed by atoms with Crippen LogP contribution in [0.15, 0.2) is 27.6 Å². The first kappa shape index (κ1) is 11.1. The van der Waals surface area contributed by atoms with Crippen molar-refractivity contribution >= 4 is 33.2 Å². The van der Waals surface area contributed by atoms with E-state index in [1.54, 1.807) is 0 Å². The average molecular weight is 252 g/mol. The third kappa shape index (κ3) is 2.10. The van der Waals surface area contributed by atoms with Crippen molar-refractivity contribution < 1.29 is 8.42 Å². The number of hydrogen-bond acceptors (Lipinski definition) is 2. The van der Waals surface area contributed by atoms with Crippen LogP contribution in [0.1, 0.15) is 0 Å². The lowest BCUT2D eigenvalue weighted by atomic mass is 10.4. The molecule has 1 rings (SSSR count). The summed E-state index contributed by atoms with van der Waals surface area (Å²) in [5, 5.41) is -0.158. The molecule has 0 aliphatic heterocycles. The zero-order chi connectivity index (χ0) is 10.8. The molecule has 8 heteroatoms. The lowest BCUT2D eigenvalue weighted by Gasteiger charge is -2.02. The quantitative estimate of drug-likeness (QED) is 0.460. The van der Waals surface area contributed by atoms with E-state index in [1.165, 1.54) is 18.2 Å². The maximum absolute atomic E-state index is 11.3. The maximum Gasteiger partial charge on any atom is 0.267 e. The van der Waals surface area contributed by atoms with Gasteiger partial charge in [-0.25, -0.2) is 8.42 Å². The molecule has 0 aromatic heterocycles. The number of halogens is 2. The van der Waals surface area contributed by atoms with Gasteiger partial charge in [-0.05, 0) is 17.7 Å². The smallest absolute Gasteiger partial charge is 0.216 e. The van der Waals surface area contributed by atoms with Crippen LogP contribution >= 0.6 is 23.2 Å². The van der Waals surface area contributed by atoms with Gasteiger partial charge in [0.25, 0.3) is 10.0 Å². The van der Waals surface area contributed by atoms with Gasteiger partial charge in [0.2, 0.25) is 0 Å². The Morgan fingerprint density at radius 1 is 1.29 bits per heavy atom. The molecule has 0 saturated heterocycles. The molecule has 0 unspecified atom stereocenters. The molecule has 0 fully saturated rings. The molecule has 74 valence electrons. The standard InChI is InChI=1S/C6H3Cl2N3O2S/c7-4-2-1-3-5(8)6(4)14(12,13)11-10-9/h1-3H. The van der Waals surface area contributed by atoms with Gasteiger partial charge in [-0.2, -0.15) is 0 Å². The number of nitrogens with zero attached hydrogens (tertiary/aromatic N) is 3. The minimum atomic E-state index is -4.13. The van der Waals surface area contributed by atoms with Crippen molar-refractivity contribution in [1.29, 1.82) is 0 Å². The van der Waals surface area contributed by atoms with Crippen LogP contribution in [0.2, 0.25) is 10.0 Å². The van der Waals surface area contributed by atoms with Crippen LogP contribution in [0.5, 0.6) is 0 Å². The van der Waals surface area contributed by atoms with Crippen molar-refractivity contribution in [2.24, 2.45) is 4.52 Å². The Kier molecular flexibility index (Phi) is 3.23. The summed E-state index contributed by atoms with van der Waals surface area (Å²) in [5.41, 5.74) is 8.04. The van der Waals surface area contributed by atoms with Crippen molar-refractivity contribution in [2.45, 2.75) is 4.90 Å². The number of benzene rings is 1. The van der Waals surface area contributed by atoms with Crippen LogP contribution in [0.25, 0.3) is 10.4 Å². The molecular weight excluding hydrogens is 249 g/mol. The van der Waals surface area contributed by atoms with Crippen LogP contribution in [-0.4, -0.2) is 8.42 Å². The Morgan fingerprint density at radius 3 is 2.21 bits per heavy atom. The van der Waals surface area contributed by atoms with Gasteiger partial charge >= 0.3 is 0 Å². The zero-order valence-corrected chi connectivity index (χ0v) is 8.88. The summed E-state index contributed by atoms with van der Waals surface area (Å²) in [7, 11) is -4.13. The Balaban J connectivity index is 3.55. The predicted octanol–water partition coefficient (Wildman–Crippen LogP) is 2.99. The molecule has 0 heterocycles. The lowest BCUT2D eigenvalue weighted by molar-refractivity contribution is 0.597. The van der Waals surface area contributed by atoms with E-state index in [-0.39, 0.29) is 14.9 Å². The number of hydrogen-bond donors (Lipinski definition) is 0. The van der Waals surface area contributed by atoms with E-state index < -0.39 is 10.0 Å². The Labute approximate surface area is 89.9 Å². The molecule has 14 heavy (non-hydrogen) atoms. The highest BCUT2D eigenvalue weighted by Gasteiger charge is 2.19. The fourth-order valence-corrected chi connectivity index (χ4v) is 2.61. The fourth-order valence-electron chi connectivity index (χ4n) is 0.818. The molecule has 0 aliphatic carbocycles. The normalized spacial score (nSPS) is 10.7. The zero-order valence-electron chi connectivity index (χ0n) is 6.55. The minimum Gasteiger partial charge on any atom is -0.216 e. The van der Waals surface area contributed by atoms with E-state index in [0.29, 0.717) is 0 Å². The number of sulfonamides is 1. The fraction of sp³-hybridized carbons (Fsp3) is 0. The second-order valence-electron chi connectivity index (χ2n) is 2.20. The third-order valence-corrected chi connectivity index (χ3v) is 3.42. The molecule has 0 aliphatic rings. The van der Waals surface area contributed by atoms with E-state index in [2.05, 4.69) is 9.43 Å². The molecule has 0 spiro atoms. The predicted molar refractivity (Wildman–Crippen MR) is 52.8 cm³/mol. The largest absolute Gasteiger partial charge is 0.267 e. The second kappa shape index (κ2) is 4.06. The van der Waals surface area contributed by atoms with Gasteiger partial charge in [-0.1, -0.05) is 29.3 Å². The average Bonchev–Trinajstić information content (AvgIpc) is 2.02. The van der Waals surface area contributed by atoms with E-state index in [4.69, 9.17) is 28.7 Å². The molecule has 0 radical (unpaired) electrons. The van der Waals surface area contributed by atoms with Crippen LogP contribution in [0, 0.1) is 0 Å². The van der Waals surface area contributed by atoms with Crippen LogP contribution in [-0.2, 0) is 10.0 Å². The highest BCUT2D eigenvalue weighted by molar-refractivity contribution is 7.90. The summed E-state index contributed by atoms with van der Waals surface area (Å²) in [6, 6.07) is 4.17. The first-order valence-electron chi connectivity index (χ1n) is 3.24. The summed E-state index contributed by atoms with van der Waals surface area (Å²) >= 11 is 11.2. The van der Waals surface area contributed by atoms with Gasteiger partial charge in [-0.3, -0.25) is 0 Å². The van der Waals surface area contributed by atoms with Gasteiger partial charge < -0.3 is 0 Å². The Hall–Kier alpha value is -0.940. The summed E-state index contributed by atoms with van der Waals surface area (Å²) in [4.78, 5) is 1.81. The van der Waals surface area contributed by atoms with E-state index in [1.807, 2.05) is 0 Å². The summed E-state index contributed by atoms with van der Waals surface area (Å²) in [5.74, 6) is 0. The monoisotopic (exact) mass is 251 g/mol. The van der Waals surface area contributed by atoms with Gasteiger partial charge in [0, 0.05) is 9.43 Å². The van der Waals surface area contributed by atoms with E-state index in [9.17, 15) is 8.42 Å². The van der Waals surface area contributed by atoms with Crippen molar-refractivity contribution in [3.63, 3.8) is 0 Å². The van der Waals surface area contributed by atoms with Crippen molar-refractivity contribution in [2.75, 3.05) is 0 Å². The third-order valence-electron chi connectivity index (χ3n) is 1.32. The van der Waals surface area contributed by atoms with Gasteiger partial charge in [0.1, 0.15) is 4.90 Å². The van der Waals surface area contributed by atoms with E-state index >= 15 is 0 Å². The molecule has 0 saturated carbocycles. The highest BCUT2D eigenvalue weighted by atomic mass is 35.5. The van der Waals surface area contributed by atoms with Crippen molar-refractivity contribution in [1.82, 2.24) is 0 Å². The van der Waals surface area contributed by atoms with Crippen LogP contribution in [0.3, 0.4) is 0 Å². The van der Waals surface area contributed by atoms with Crippen LogP contribution < -0.4 is 0 Å². The number of azide groups is 1.